The Morgan fingerprint density at radius 3 is 2.83 bits per heavy atom. The van der Waals surface area contributed by atoms with Gasteiger partial charge in [0.15, 0.2) is 11.5 Å². The number of hydrogen-bond acceptors (Lipinski definition) is 6. The van der Waals surface area contributed by atoms with E-state index >= 15 is 0 Å². The lowest BCUT2D eigenvalue weighted by Gasteiger charge is -2.17. The van der Waals surface area contributed by atoms with E-state index in [-0.39, 0.29) is 18.6 Å². The number of aryl methyl sites for hydroxylation is 1. The van der Waals surface area contributed by atoms with Gasteiger partial charge < -0.3 is 15.0 Å². The zero-order valence-electron chi connectivity index (χ0n) is 17.0. The van der Waals surface area contributed by atoms with Crippen molar-refractivity contribution < 1.29 is 14.3 Å². The van der Waals surface area contributed by atoms with Gasteiger partial charge in [0.2, 0.25) is 0 Å². The molecule has 2 N–H and O–H groups in total. The van der Waals surface area contributed by atoms with E-state index in [0.29, 0.717) is 34.8 Å². The smallest absolute Gasteiger partial charge is 0.340 e. The minimum Gasteiger partial charge on any atom is -0.462 e. The number of aromatic amines is 1. The Balaban J connectivity index is 1.90. The number of ether oxygens (including phenoxy) is 1. The molecule has 0 saturated heterocycles. The standard InChI is InChI=1S/C20H25N5O3S/c1-5-28-20(27)16-12(2)17(21-13(16)3)19(26)22-14(9-11-29-4)18-24-23-15-8-6-7-10-25(15)18/h6-8,10,14,21H,5,9,11H2,1-4H3,(H,22,26). The number of nitrogens with one attached hydrogen (secondary N) is 2. The third kappa shape index (κ3) is 4.29. The predicted molar refractivity (Wildman–Crippen MR) is 112 cm³/mol. The molecule has 3 heterocycles. The molecule has 154 valence electrons. The number of carbonyl (C=O) groups excluding carboxylic acids is 2. The van der Waals surface area contributed by atoms with Crippen LogP contribution in [-0.2, 0) is 4.74 Å². The number of pyridine rings is 1. The summed E-state index contributed by atoms with van der Waals surface area (Å²) in [4.78, 5) is 28.3. The van der Waals surface area contributed by atoms with E-state index < -0.39 is 5.97 Å². The van der Waals surface area contributed by atoms with Gasteiger partial charge in [0.25, 0.3) is 5.91 Å². The Bertz CT molecular complexity index is 1030. The number of rotatable bonds is 8. The van der Waals surface area contributed by atoms with Crippen molar-refractivity contribution in [1.82, 2.24) is 24.9 Å². The second kappa shape index (κ2) is 9.13. The molecule has 3 aromatic heterocycles. The molecule has 3 aromatic rings. The molecule has 0 fully saturated rings. The Hall–Kier alpha value is -2.81. The van der Waals surface area contributed by atoms with Crippen LogP contribution in [0.4, 0.5) is 0 Å². The minimum atomic E-state index is -0.430. The highest BCUT2D eigenvalue weighted by Gasteiger charge is 2.26. The van der Waals surface area contributed by atoms with E-state index in [1.165, 1.54) is 0 Å². The van der Waals surface area contributed by atoms with Gasteiger partial charge in [-0.05, 0) is 56.9 Å². The minimum absolute atomic E-state index is 0.279. The number of hydrogen-bond donors (Lipinski definition) is 2. The van der Waals surface area contributed by atoms with E-state index in [1.807, 2.05) is 35.1 Å². The molecule has 0 aliphatic carbocycles. The van der Waals surface area contributed by atoms with Crippen LogP contribution in [0.2, 0.25) is 0 Å². The fourth-order valence-electron chi connectivity index (χ4n) is 3.32. The van der Waals surface area contributed by atoms with Crippen molar-refractivity contribution in [3.63, 3.8) is 0 Å². The quantitative estimate of drug-likeness (QED) is 0.548. The number of esters is 1. The molecular weight excluding hydrogens is 390 g/mol. The second-order valence-electron chi connectivity index (χ2n) is 6.64. The van der Waals surface area contributed by atoms with Crippen LogP contribution in [0.15, 0.2) is 24.4 Å². The lowest BCUT2D eigenvalue weighted by molar-refractivity contribution is 0.0525. The number of aromatic nitrogens is 4. The topological polar surface area (TPSA) is 101 Å². The van der Waals surface area contributed by atoms with E-state index in [9.17, 15) is 9.59 Å². The Morgan fingerprint density at radius 2 is 2.10 bits per heavy atom. The molecule has 0 aliphatic rings. The van der Waals surface area contributed by atoms with E-state index in [2.05, 4.69) is 20.5 Å². The zero-order chi connectivity index (χ0) is 21.0. The van der Waals surface area contributed by atoms with Crippen LogP contribution in [-0.4, -0.2) is 50.1 Å². The fourth-order valence-corrected chi connectivity index (χ4v) is 3.79. The normalized spacial score (nSPS) is 12.1. The summed E-state index contributed by atoms with van der Waals surface area (Å²) in [5.74, 6) is 0.804. The summed E-state index contributed by atoms with van der Waals surface area (Å²) >= 11 is 1.70. The van der Waals surface area contributed by atoms with Gasteiger partial charge in [-0.3, -0.25) is 9.20 Å². The molecule has 0 saturated carbocycles. The van der Waals surface area contributed by atoms with Crippen LogP contribution < -0.4 is 5.32 Å². The first-order valence-electron chi connectivity index (χ1n) is 9.43. The molecular formula is C20H25N5O3S. The molecule has 0 spiro atoms. The van der Waals surface area contributed by atoms with Gasteiger partial charge in [-0.2, -0.15) is 11.8 Å². The lowest BCUT2D eigenvalue weighted by Crippen LogP contribution is -2.31. The number of fused-ring (bicyclic) bond motifs is 1. The Morgan fingerprint density at radius 1 is 1.31 bits per heavy atom. The summed E-state index contributed by atoms with van der Waals surface area (Å²) in [6.07, 6.45) is 4.60. The largest absolute Gasteiger partial charge is 0.462 e. The fraction of sp³-hybridized carbons (Fsp3) is 0.400. The summed E-state index contributed by atoms with van der Waals surface area (Å²) in [7, 11) is 0. The van der Waals surface area contributed by atoms with Crippen LogP contribution in [0, 0.1) is 13.8 Å². The maximum atomic E-state index is 13.1. The average molecular weight is 416 g/mol. The molecule has 1 unspecified atom stereocenters. The monoisotopic (exact) mass is 415 g/mol. The van der Waals surface area contributed by atoms with Crippen molar-refractivity contribution in [2.75, 3.05) is 18.6 Å². The first-order valence-corrected chi connectivity index (χ1v) is 10.8. The number of H-pyrrole nitrogens is 1. The average Bonchev–Trinajstić information content (AvgIpc) is 3.26. The molecule has 3 rings (SSSR count). The Labute approximate surface area is 173 Å². The molecule has 1 atom stereocenters. The first kappa shape index (κ1) is 20.9. The van der Waals surface area contributed by atoms with E-state index in [4.69, 9.17) is 4.74 Å². The van der Waals surface area contributed by atoms with Gasteiger partial charge in [-0.1, -0.05) is 6.07 Å². The van der Waals surface area contributed by atoms with E-state index in [0.717, 1.165) is 11.4 Å². The summed E-state index contributed by atoms with van der Waals surface area (Å²) < 4.78 is 6.99. The highest BCUT2D eigenvalue weighted by molar-refractivity contribution is 7.98. The van der Waals surface area contributed by atoms with Crippen LogP contribution in [0.5, 0.6) is 0 Å². The molecule has 0 aromatic carbocycles. The Kier molecular flexibility index (Phi) is 6.58. The summed E-state index contributed by atoms with van der Waals surface area (Å²) in [5.41, 5.74) is 2.68. The van der Waals surface area contributed by atoms with Gasteiger partial charge in [0.1, 0.15) is 5.69 Å². The maximum absolute atomic E-state index is 13.1. The number of thioether (sulfide) groups is 1. The predicted octanol–water partition coefficient (Wildman–Crippen LogP) is 3.08. The van der Waals surface area contributed by atoms with Gasteiger partial charge in [0.05, 0.1) is 18.2 Å². The van der Waals surface area contributed by atoms with Gasteiger partial charge in [0, 0.05) is 11.9 Å². The molecule has 0 radical (unpaired) electrons. The van der Waals surface area contributed by atoms with Gasteiger partial charge in [-0.25, -0.2) is 4.79 Å². The van der Waals surface area contributed by atoms with Gasteiger partial charge in [-0.15, -0.1) is 10.2 Å². The third-order valence-electron chi connectivity index (χ3n) is 4.71. The van der Waals surface area contributed by atoms with Crippen molar-refractivity contribution >= 4 is 29.3 Å². The summed E-state index contributed by atoms with van der Waals surface area (Å²) in [6.45, 7) is 5.53. The molecule has 29 heavy (non-hydrogen) atoms. The van der Waals surface area contributed by atoms with Crippen molar-refractivity contribution in [1.29, 1.82) is 0 Å². The molecule has 0 aliphatic heterocycles. The molecule has 9 heteroatoms. The highest BCUT2D eigenvalue weighted by Crippen LogP contribution is 2.22. The van der Waals surface area contributed by atoms with E-state index in [1.54, 1.807) is 32.5 Å². The van der Waals surface area contributed by atoms with Crippen LogP contribution in [0.1, 0.15) is 57.3 Å². The SMILES string of the molecule is CCOC(=O)c1c(C)[nH]c(C(=O)NC(CCSC)c2nnc3ccccn23)c1C. The zero-order valence-corrected chi connectivity index (χ0v) is 17.8. The summed E-state index contributed by atoms with van der Waals surface area (Å²) in [6, 6.07) is 5.35. The molecule has 1 amide bonds. The number of nitrogens with zero attached hydrogens (tertiary/aromatic N) is 3. The van der Waals surface area contributed by atoms with Crippen molar-refractivity contribution in [3.05, 3.63) is 52.7 Å². The molecule has 8 nitrogen and oxygen atoms in total. The second-order valence-corrected chi connectivity index (χ2v) is 7.63. The van der Waals surface area contributed by atoms with Crippen molar-refractivity contribution in [2.24, 2.45) is 0 Å². The van der Waals surface area contributed by atoms with Crippen LogP contribution in [0.3, 0.4) is 0 Å². The van der Waals surface area contributed by atoms with Crippen molar-refractivity contribution in [2.45, 2.75) is 33.2 Å². The number of carbonyl (C=O) groups is 2. The van der Waals surface area contributed by atoms with Crippen molar-refractivity contribution in [3.8, 4) is 0 Å². The highest BCUT2D eigenvalue weighted by atomic mass is 32.2. The lowest BCUT2D eigenvalue weighted by atomic mass is 10.1. The molecule has 0 bridgehead atoms. The third-order valence-corrected chi connectivity index (χ3v) is 5.36. The van der Waals surface area contributed by atoms with Crippen LogP contribution in [0.25, 0.3) is 5.65 Å². The first-order chi connectivity index (χ1) is 14.0. The van der Waals surface area contributed by atoms with Crippen LogP contribution >= 0.6 is 11.8 Å². The summed E-state index contributed by atoms with van der Waals surface area (Å²) in [5, 5.41) is 11.5. The number of amides is 1. The van der Waals surface area contributed by atoms with Gasteiger partial charge >= 0.3 is 5.97 Å². The maximum Gasteiger partial charge on any atom is 0.340 e.